The molecule has 2 heterocycles. The average molecular weight is 498 g/mol. The van der Waals surface area contributed by atoms with Crippen LogP contribution in [0.3, 0.4) is 0 Å². The number of hydrogen-bond acceptors (Lipinski definition) is 8. The zero-order valence-electron chi connectivity index (χ0n) is 21.4. The van der Waals surface area contributed by atoms with E-state index in [4.69, 9.17) is 0 Å². The predicted molar refractivity (Wildman–Crippen MR) is 142 cm³/mol. The molecule has 0 aliphatic carbocycles. The molecule has 1 fully saturated rings. The first kappa shape index (κ1) is 27.5. The molecule has 3 rings (SSSR count). The Kier molecular flexibility index (Phi) is 10.6. The average Bonchev–Trinajstić information content (AvgIpc) is 2.90. The number of aliphatic hydroxyl groups excluding tert-OH is 1. The smallest absolute Gasteiger partial charge is 0.269 e. The first-order valence-electron chi connectivity index (χ1n) is 12.5. The number of rotatable bonds is 11. The van der Waals surface area contributed by atoms with Gasteiger partial charge in [0.1, 0.15) is 11.5 Å². The van der Waals surface area contributed by atoms with E-state index < -0.39 is 6.10 Å². The molecule has 0 bridgehead atoms. The molecule has 2 aliphatic rings. The van der Waals surface area contributed by atoms with E-state index in [2.05, 4.69) is 60.7 Å². The molecule has 0 spiro atoms. The van der Waals surface area contributed by atoms with Gasteiger partial charge in [-0.1, -0.05) is 24.3 Å². The number of nitrogens with one attached hydrogen (secondary N) is 3. The minimum atomic E-state index is -0.684. The fraction of sp³-hybridized carbons (Fsp3) is 0.538. The Labute approximate surface area is 213 Å². The molecular formula is C26H39N7O3. The maximum absolute atomic E-state index is 12.7. The lowest BCUT2D eigenvalue weighted by molar-refractivity contribution is -0.122. The second kappa shape index (κ2) is 13.9. The van der Waals surface area contributed by atoms with Crippen LogP contribution in [0.15, 0.2) is 46.1 Å². The van der Waals surface area contributed by atoms with E-state index in [1.54, 1.807) is 20.2 Å². The topological polar surface area (TPSA) is 122 Å². The van der Waals surface area contributed by atoms with Gasteiger partial charge in [0, 0.05) is 65.5 Å². The number of aliphatic imine (C=N–C) groups is 2. The number of fused-ring (bicyclic) bond motifs is 1. The SMILES string of the molecule is C=N/C(=C\C(=N/C)C(=O)NC[C@H](O)CN1CCc2ccccc2C1)NC1CCN(CC(=O)NC)CC1. The van der Waals surface area contributed by atoms with Gasteiger partial charge in [0.25, 0.3) is 5.91 Å². The third-order valence-electron chi connectivity index (χ3n) is 6.68. The fourth-order valence-corrected chi connectivity index (χ4v) is 4.59. The summed E-state index contributed by atoms with van der Waals surface area (Å²) in [7, 11) is 3.19. The quantitative estimate of drug-likeness (QED) is 0.318. The molecule has 2 amide bonds. The summed E-state index contributed by atoms with van der Waals surface area (Å²) in [5, 5.41) is 19.3. The number of β-amino-alcohol motifs (C(OH)–C–C–N with tert-alkyl or cyclic N) is 1. The van der Waals surface area contributed by atoms with Gasteiger partial charge in [-0.25, -0.2) is 4.99 Å². The lowest BCUT2D eigenvalue weighted by Gasteiger charge is -2.32. The molecule has 0 aromatic heterocycles. The van der Waals surface area contributed by atoms with Crippen molar-refractivity contribution < 1.29 is 14.7 Å². The summed E-state index contributed by atoms with van der Waals surface area (Å²) >= 11 is 0. The third kappa shape index (κ3) is 8.25. The monoisotopic (exact) mass is 497 g/mol. The molecular weight excluding hydrogens is 458 g/mol. The molecule has 196 valence electrons. The maximum Gasteiger partial charge on any atom is 0.269 e. The molecule has 1 aromatic rings. The van der Waals surface area contributed by atoms with Gasteiger partial charge in [0.2, 0.25) is 5.91 Å². The van der Waals surface area contributed by atoms with Crippen LogP contribution in [-0.2, 0) is 22.6 Å². The Bertz CT molecular complexity index is 970. The molecule has 2 aliphatic heterocycles. The third-order valence-corrected chi connectivity index (χ3v) is 6.68. The van der Waals surface area contributed by atoms with Gasteiger partial charge in [-0.05, 0) is 37.1 Å². The Morgan fingerprint density at radius 2 is 1.92 bits per heavy atom. The van der Waals surface area contributed by atoms with Crippen LogP contribution in [0.5, 0.6) is 0 Å². The number of hydrogen-bond donors (Lipinski definition) is 4. The summed E-state index contributed by atoms with van der Waals surface area (Å²) in [6.45, 7) is 7.92. The molecule has 4 N–H and O–H groups in total. The number of likely N-dealkylation sites (tertiary alicyclic amines) is 1. The van der Waals surface area contributed by atoms with E-state index in [1.165, 1.54) is 11.1 Å². The summed E-state index contributed by atoms with van der Waals surface area (Å²) in [5.41, 5.74) is 2.86. The standard InChI is InChI=1S/C26H39N7O3/c1-27-23(14-24(28-2)31-21-9-12-32(13-10-21)18-25(35)29-3)26(36)30-15-22(34)17-33-11-8-19-6-4-5-7-20(19)16-33/h4-7,14,21-22,31,34H,2,8-13,15-18H2,1,3H3,(H,29,35)(H,30,36)/b24-14+,27-23+/t22-/m0/s1. The highest BCUT2D eigenvalue weighted by Gasteiger charge is 2.22. The molecule has 0 saturated carbocycles. The summed E-state index contributed by atoms with van der Waals surface area (Å²) in [6.07, 6.45) is 3.55. The molecule has 1 aromatic carbocycles. The van der Waals surface area contributed by atoms with Crippen molar-refractivity contribution in [1.82, 2.24) is 25.8 Å². The zero-order chi connectivity index (χ0) is 25.9. The summed E-state index contributed by atoms with van der Waals surface area (Å²) in [4.78, 5) is 36.7. The number of likely N-dealkylation sites (N-methyl/N-ethyl adjacent to an activating group) is 1. The van der Waals surface area contributed by atoms with Crippen LogP contribution in [0.1, 0.15) is 24.0 Å². The predicted octanol–water partition coefficient (Wildman–Crippen LogP) is -0.0654. The Hall–Kier alpha value is -3.08. The maximum atomic E-state index is 12.7. The van der Waals surface area contributed by atoms with E-state index in [0.717, 1.165) is 45.4 Å². The van der Waals surface area contributed by atoms with Gasteiger partial charge < -0.3 is 21.1 Å². The molecule has 36 heavy (non-hydrogen) atoms. The number of benzene rings is 1. The molecule has 0 radical (unpaired) electrons. The lowest BCUT2D eigenvalue weighted by Crippen LogP contribution is -2.45. The number of nitrogens with zero attached hydrogens (tertiary/aromatic N) is 4. The van der Waals surface area contributed by atoms with E-state index in [9.17, 15) is 14.7 Å². The van der Waals surface area contributed by atoms with Crippen molar-refractivity contribution in [1.29, 1.82) is 0 Å². The molecule has 10 nitrogen and oxygen atoms in total. The van der Waals surface area contributed by atoms with Crippen LogP contribution in [-0.4, -0.2) is 105 Å². The van der Waals surface area contributed by atoms with Crippen molar-refractivity contribution in [3.05, 3.63) is 47.3 Å². The number of aliphatic hydroxyl groups is 1. The van der Waals surface area contributed by atoms with Gasteiger partial charge in [0.15, 0.2) is 0 Å². The number of piperidine rings is 1. The lowest BCUT2D eigenvalue weighted by atomic mass is 10.00. The number of amides is 2. The van der Waals surface area contributed by atoms with Crippen LogP contribution in [0.2, 0.25) is 0 Å². The summed E-state index contributed by atoms with van der Waals surface area (Å²) < 4.78 is 0. The van der Waals surface area contributed by atoms with Gasteiger partial charge in [-0.2, -0.15) is 0 Å². The molecule has 1 saturated heterocycles. The van der Waals surface area contributed by atoms with Crippen molar-refractivity contribution in [3.8, 4) is 0 Å². The van der Waals surface area contributed by atoms with Crippen molar-refractivity contribution in [2.45, 2.75) is 38.0 Å². The Morgan fingerprint density at radius 3 is 2.58 bits per heavy atom. The van der Waals surface area contributed by atoms with Crippen LogP contribution in [0.25, 0.3) is 0 Å². The van der Waals surface area contributed by atoms with Gasteiger partial charge >= 0.3 is 0 Å². The molecule has 1 atom stereocenters. The van der Waals surface area contributed by atoms with Crippen LogP contribution in [0, 0.1) is 0 Å². The first-order valence-corrected chi connectivity index (χ1v) is 12.5. The second-order valence-corrected chi connectivity index (χ2v) is 9.28. The minimum Gasteiger partial charge on any atom is -0.390 e. The van der Waals surface area contributed by atoms with Crippen molar-refractivity contribution >= 4 is 24.2 Å². The van der Waals surface area contributed by atoms with E-state index in [1.807, 2.05) is 6.07 Å². The van der Waals surface area contributed by atoms with Crippen LogP contribution >= 0.6 is 0 Å². The van der Waals surface area contributed by atoms with E-state index in [0.29, 0.717) is 18.9 Å². The van der Waals surface area contributed by atoms with Crippen LogP contribution in [0.4, 0.5) is 0 Å². The first-order chi connectivity index (χ1) is 17.4. The van der Waals surface area contributed by atoms with Gasteiger partial charge in [-0.15, -0.1) is 0 Å². The molecule has 0 unspecified atom stereocenters. The summed E-state index contributed by atoms with van der Waals surface area (Å²) in [6, 6.07) is 8.54. The minimum absolute atomic E-state index is 0.0101. The Morgan fingerprint density at radius 1 is 1.19 bits per heavy atom. The fourth-order valence-electron chi connectivity index (χ4n) is 4.59. The van der Waals surface area contributed by atoms with Gasteiger partial charge in [0.05, 0.1) is 12.6 Å². The van der Waals surface area contributed by atoms with Crippen molar-refractivity contribution in [2.75, 3.05) is 53.4 Å². The van der Waals surface area contributed by atoms with Crippen molar-refractivity contribution in [2.24, 2.45) is 9.98 Å². The highest BCUT2D eigenvalue weighted by molar-refractivity contribution is 6.43. The molecule has 10 heteroatoms. The van der Waals surface area contributed by atoms with E-state index >= 15 is 0 Å². The van der Waals surface area contributed by atoms with Gasteiger partial charge in [-0.3, -0.25) is 24.4 Å². The largest absolute Gasteiger partial charge is 0.390 e. The number of carbonyl (C=O) groups excluding carboxylic acids is 2. The highest BCUT2D eigenvalue weighted by Crippen LogP contribution is 2.18. The van der Waals surface area contributed by atoms with Crippen LogP contribution < -0.4 is 16.0 Å². The van der Waals surface area contributed by atoms with E-state index in [-0.39, 0.29) is 30.1 Å². The zero-order valence-corrected chi connectivity index (χ0v) is 21.4. The normalized spacial score (nSPS) is 18.8. The second-order valence-electron chi connectivity index (χ2n) is 9.28. The Balaban J connectivity index is 1.44. The summed E-state index contributed by atoms with van der Waals surface area (Å²) in [5.74, 6) is 0.114. The van der Waals surface area contributed by atoms with Crippen molar-refractivity contribution in [3.63, 3.8) is 0 Å². The highest BCUT2D eigenvalue weighted by atomic mass is 16.3. The number of carbonyl (C=O) groups is 2.